The molecule has 1 aliphatic heterocycles. The van der Waals surface area contributed by atoms with E-state index in [9.17, 15) is 0 Å². The maximum atomic E-state index is 6.02. The molecular formula is C27H26ClN7O. The minimum absolute atomic E-state index is 0.362. The number of aromatic nitrogens is 3. The predicted molar refractivity (Wildman–Crippen MR) is 144 cm³/mol. The lowest BCUT2D eigenvalue weighted by Crippen LogP contribution is -2.21. The van der Waals surface area contributed by atoms with Gasteiger partial charge in [-0.25, -0.2) is 5.43 Å². The summed E-state index contributed by atoms with van der Waals surface area (Å²) in [5.41, 5.74) is 5.72. The Balaban J connectivity index is 1.31. The van der Waals surface area contributed by atoms with Crippen LogP contribution in [0.3, 0.4) is 0 Å². The topological polar surface area (TPSA) is 87.6 Å². The van der Waals surface area contributed by atoms with Crippen molar-refractivity contribution in [1.82, 2.24) is 15.0 Å². The first kappa shape index (κ1) is 23.6. The summed E-state index contributed by atoms with van der Waals surface area (Å²) in [4.78, 5) is 15.9. The molecule has 3 aromatic carbocycles. The van der Waals surface area contributed by atoms with E-state index in [1.54, 1.807) is 6.21 Å². The molecule has 8 nitrogen and oxygen atoms in total. The maximum absolute atomic E-state index is 6.02. The quantitative estimate of drug-likeness (QED) is 0.219. The van der Waals surface area contributed by atoms with Crippen LogP contribution >= 0.6 is 11.6 Å². The highest BCUT2D eigenvalue weighted by Gasteiger charge is 2.17. The Morgan fingerprint density at radius 3 is 2.39 bits per heavy atom. The molecule has 1 fully saturated rings. The molecule has 0 saturated carbocycles. The second-order valence-corrected chi connectivity index (χ2v) is 8.73. The molecule has 0 atom stereocenters. The number of anilines is 4. The Morgan fingerprint density at radius 1 is 0.861 bits per heavy atom. The van der Waals surface area contributed by atoms with Gasteiger partial charge in [-0.05, 0) is 54.8 Å². The fourth-order valence-electron chi connectivity index (χ4n) is 3.80. The highest BCUT2D eigenvalue weighted by atomic mass is 35.5. The van der Waals surface area contributed by atoms with Gasteiger partial charge in [-0.1, -0.05) is 54.1 Å². The van der Waals surface area contributed by atoms with Gasteiger partial charge >= 0.3 is 0 Å². The lowest BCUT2D eigenvalue weighted by atomic mass is 10.2. The van der Waals surface area contributed by atoms with Crippen molar-refractivity contribution in [3.05, 3.63) is 95.0 Å². The van der Waals surface area contributed by atoms with E-state index in [4.69, 9.17) is 16.3 Å². The molecule has 2 heterocycles. The molecule has 1 aromatic heterocycles. The van der Waals surface area contributed by atoms with Gasteiger partial charge in [0, 0.05) is 29.4 Å². The molecule has 182 valence electrons. The number of nitrogens with one attached hydrogen (secondary N) is 2. The van der Waals surface area contributed by atoms with Crippen molar-refractivity contribution in [2.24, 2.45) is 5.10 Å². The molecule has 0 spiro atoms. The summed E-state index contributed by atoms with van der Waals surface area (Å²) in [6, 6.07) is 25.1. The number of benzene rings is 3. The molecule has 1 saturated heterocycles. The molecule has 1 aliphatic rings. The Labute approximate surface area is 215 Å². The molecule has 0 unspecified atom stereocenters. The van der Waals surface area contributed by atoms with Gasteiger partial charge in [0.2, 0.25) is 17.8 Å². The standard InChI is InChI=1S/C27H26ClN7O/c28-22-14-12-20(13-15-22)19-36-24-11-5-4-8-21(24)18-29-34-26-31-25(30-23-9-2-1-3-10-23)32-27(33-26)35-16-6-7-17-35/h1-5,8-15,18H,6-7,16-17,19H2,(H2,30,31,32,33,34). The molecule has 0 bridgehead atoms. The van der Waals surface area contributed by atoms with Crippen LogP contribution in [0, 0.1) is 0 Å². The number of rotatable bonds is 9. The molecule has 2 N–H and O–H groups in total. The van der Waals surface area contributed by atoms with E-state index in [0.717, 1.165) is 48.5 Å². The van der Waals surface area contributed by atoms with Gasteiger partial charge in [0.25, 0.3) is 0 Å². The van der Waals surface area contributed by atoms with Gasteiger partial charge in [0.1, 0.15) is 12.4 Å². The van der Waals surface area contributed by atoms with Gasteiger partial charge in [-0.2, -0.15) is 20.1 Å². The summed E-state index contributed by atoms with van der Waals surface area (Å²) in [5.74, 6) is 2.17. The molecule has 9 heteroatoms. The molecule has 0 radical (unpaired) electrons. The number of para-hydroxylation sites is 2. The monoisotopic (exact) mass is 499 g/mol. The van der Waals surface area contributed by atoms with Crippen LogP contribution in [0.15, 0.2) is 84.0 Å². The molecule has 0 aliphatic carbocycles. The average Bonchev–Trinajstić information content (AvgIpc) is 3.45. The normalized spacial score (nSPS) is 13.2. The lowest BCUT2D eigenvalue weighted by molar-refractivity contribution is 0.306. The van der Waals surface area contributed by atoms with Gasteiger partial charge in [-0.3, -0.25) is 0 Å². The summed E-state index contributed by atoms with van der Waals surface area (Å²) >= 11 is 5.97. The number of hydrazone groups is 1. The van der Waals surface area contributed by atoms with Crippen LogP contribution < -0.4 is 20.4 Å². The van der Waals surface area contributed by atoms with Crippen molar-refractivity contribution < 1.29 is 4.74 Å². The van der Waals surface area contributed by atoms with Crippen molar-refractivity contribution in [1.29, 1.82) is 0 Å². The third-order valence-electron chi connectivity index (χ3n) is 5.64. The fourth-order valence-corrected chi connectivity index (χ4v) is 3.93. The maximum Gasteiger partial charge on any atom is 0.250 e. The van der Waals surface area contributed by atoms with Crippen LogP contribution in [-0.4, -0.2) is 34.3 Å². The molecule has 36 heavy (non-hydrogen) atoms. The largest absolute Gasteiger partial charge is 0.488 e. The minimum atomic E-state index is 0.362. The molecule has 5 rings (SSSR count). The van der Waals surface area contributed by atoms with E-state index in [-0.39, 0.29) is 0 Å². The Kier molecular flexibility index (Phi) is 7.53. The van der Waals surface area contributed by atoms with Crippen molar-refractivity contribution in [2.45, 2.75) is 19.4 Å². The zero-order valence-corrected chi connectivity index (χ0v) is 20.4. The first-order valence-electron chi connectivity index (χ1n) is 11.8. The zero-order chi connectivity index (χ0) is 24.6. The van der Waals surface area contributed by atoms with Gasteiger partial charge in [0.05, 0.1) is 6.21 Å². The second-order valence-electron chi connectivity index (χ2n) is 8.29. The summed E-state index contributed by atoms with van der Waals surface area (Å²) < 4.78 is 6.02. The van der Waals surface area contributed by atoms with Crippen LogP contribution in [-0.2, 0) is 6.61 Å². The first-order valence-corrected chi connectivity index (χ1v) is 12.2. The van der Waals surface area contributed by atoms with Crippen molar-refractivity contribution in [3.63, 3.8) is 0 Å². The van der Waals surface area contributed by atoms with Gasteiger partial charge in [-0.15, -0.1) is 0 Å². The number of hydrogen-bond donors (Lipinski definition) is 2. The summed E-state index contributed by atoms with van der Waals surface area (Å²) in [6.07, 6.45) is 3.95. The van der Waals surface area contributed by atoms with Gasteiger partial charge < -0.3 is 15.0 Å². The minimum Gasteiger partial charge on any atom is -0.488 e. The number of nitrogens with zero attached hydrogens (tertiary/aromatic N) is 5. The molecule has 4 aromatic rings. The predicted octanol–water partition coefficient (Wildman–Crippen LogP) is 5.89. The SMILES string of the molecule is Clc1ccc(COc2ccccc2C=NNc2nc(Nc3ccccc3)nc(N3CCCC3)n2)cc1. The Hall–Kier alpha value is -4.17. The van der Waals surface area contributed by atoms with E-state index in [1.165, 1.54) is 0 Å². The zero-order valence-electron chi connectivity index (χ0n) is 19.6. The number of ether oxygens (including phenoxy) is 1. The van der Waals surface area contributed by atoms with Crippen molar-refractivity contribution in [3.8, 4) is 5.75 Å². The fraction of sp³-hybridized carbons (Fsp3) is 0.185. The van der Waals surface area contributed by atoms with Crippen LogP contribution in [0.2, 0.25) is 5.02 Å². The first-order chi connectivity index (χ1) is 17.7. The summed E-state index contributed by atoms with van der Waals surface area (Å²) in [6.45, 7) is 2.28. The van der Waals surface area contributed by atoms with Crippen molar-refractivity contribution in [2.75, 3.05) is 28.7 Å². The molecule has 0 amide bonds. The highest BCUT2D eigenvalue weighted by Crippen LogP contribution is 2.22. The van der Waals surface area contributed by atoms with E-state index >= 15 is 0 Å². The van der Waals surface area contributed by atoms with Crippen molar-refractivity contribution >= 4 is 41.3 Å². The smallest absolute Gasteiger partial charge is 0.250 e. The van der Waals surface area contributed by atoms with Gasteiger partial charge in [0.15, 0.2) is 0 Å². The second kappa shape index (κ2) is 11.5. The van der Waals surface area contributed by atoms with Crippen LogP contribution in [0.5, 0.6) is 5.75 Å². The van der Waals surface area contributed by atoms with Crippen LogP contribution in [0.4, 0.5) is 23.5 Å². The third kappa shape index (κ3) is 6.28. The van der Waals surface area contributed by atoms with E-state index in [1.807, 2.05) is 78.9 Å². The van der Waals surface area contributed by atoms with E-state index < -0.39 is 0 Å². The van der Waals surface area contributed by atoms with Crippen LogP contribution in [0.25, 0.3) is 0 Å². The van der Waals surface area contributed by atoms with E-state index in [0.29, 0.717) is 29.5 Å². The molecular weight excluding hydrogens is 474 g/mol. The lowest BCUT2D eigenvalue weighted by Gasteiger charge is -2.16. The summed E-state index contributed by atoms with van der Waals surface area (Å²) in [5, 5.41) is 8.34. The number of halogens is 1. The Morgan fingerprint density at radius 2 is 1.58 bits per heavy atom. The summed E-state index contributed by atoms with van der Waals surface area (Å²) in [7, 11) is 0. The van der Waals surface area contributed by atoms with E-state index in [2.05, 4.69) is 35.7 Å². The third-order valence-corrected chi connectivity index (χ3v) is 5.89. The average molecular weight is 500 g/mol. The highest BCUT2D eigenvalue weighted by molar-refractivity contribution is 6.30. The van der Waals surface area contributed by atoms with Crippen LogP contribution in [0.1, 0.15) is 24.0 Å². The Bertz CT molecular complexity index is 1310. The number of hydrogen-bond acceptors (Lipinski definition) is 8.